The van der Waals surface area contributed by atoms with E-state index < -0.39 is 0 Å². The van der Waals surface area contributed by atoms with Gasteiger partial charge < -0.3 is 19.7 Å². The zero-order chi connectivity index (χ0) is 17.8. The number of anilines is 2. The molecule has 5 nitrogen and oxygen atoms in total. The Hall–Kier alpha value is -2.24. The van der Waals surface area contributed by atoms with Gasteiger partial charge in [-0.25, -0.2) is 0 Å². The van der Waals surface area contributed by atoms with Crippen LogP contribution in [0, 0.1) is 6.92 Å². The number of nitrogens with zero attached hydrogens (tertiary/aromatic N) is 1. The van der Waals surface area contributed by atoms with Gasteiger partial charge in [0.2, 0.25) is 0 Å². The molecule has 2 aromatic rings. The average molecular weight is 361 g/mol. The standard InChI is InChI=1S/C19H21ClN2O3/c1-13-3-4-14(11-16(13)20)19(23)21-17-12-15(24-2)5-6-18(17)22-7-9-25-10-8-22/h3-6,11-12H,7-10H2,1-2H3,(H,21,23). The number of methoxy groups -OCH3 is 1. The van der Waals surface area contributed by atoms with Crippen molar-refractivity contribution in [1.29, 1.82) is 0 Å². The number of aryl methyl sites for hydroxylation is 1. The van der Waals surface area contributed by atoms with Gasteiger partial charge in [-0.05, 0) is 36.8 Å². The zero-order valence-corrected chi connectivity index (χ0v) is 15.1. The van der Waals surface area contributed by atoms with Crippen LogP contribution in [0.2, 0.25) is 5.02 Å². The van der Waals surface area contributed by atoms with E-state index in [4.69, 9.17) is 21.1 Å². The van der Waals surface area contributed by atoms with E-state index in [9.17, 15) is 4.79 Å². The molecule has 0 spiro atoms. The number of carbonyl (C=O) groups is 1. The first-order valence-electron chi connectivity index (χ1n) is 8.16. The lowest BCUT2D eigenvalue weighted by Crippen LogP contribution is -2.36. The Kier molecular flexibility index (Phi) is 5.46. The van der Waals surface area contributed by atoms with Crippen molar-refractivity contribution >= 4 is 28.9 Å². The number of nitrogens with one attached hydrogen (secondary N) is 1. The first kappa shape index (κ1) is 17.6. The van der Waals surface area contributed by atoms with Gasteiger partial charge in [-0.15, -0.1) is 0 Å². The highest BCUT2D eigenvalue weighted by atomic mass is 35.5. The molecule has 0 saturated carbocycles. The van der Waals surface area contributed by atoms with Crippen molar-refractivity contribution in [2.24, 2.45) is 0 Å². The topological polar surface area (TPSA) is 50.8 Å². The quantitative estimate of drug-likeness (QED) is 0.902. The molecule has 25 heavy (non-hydrogen) atoms. The molecule has 0 aromatic heterocycles. The Labute approximate surface area is 152 Å². The van der Waals surface area contributed by atoms with E-state index in [2.05, 4.69) is 10.2 Å². The molecule has 1 fully saturated rings. The fourth-order valence-corrected chi connectivity index (χ4v) is 2.93. The van der Waals surface area contributed by atoms with Crippen LogP contribution >= 0.6 is 11.6 Å². The third kappa shape index (κ3) is 4.06. The predicted molar refractivity (Wildman–Crippen MR) is 100 cm³/mol. The lowest BCUT2D eigenvalue weighted by Gasteiger charge is -2.30. The molecular formula is C19H21ClN2O3. The monoisotopic (exact) mass is 360 g/mol. The molecule has 0 aliphatic carbocycles. The van der Waals surface area contributed by atoms with E-state index in [1.807, 2.05) is 31.2 Å². The summed E-state index contributed by atoms with van der Waals surface area (Å²) in [5.41, 5.74) is 3.12. The minimum atomic E-state index is -0.204. The van der Waals surface area contributed by atoms with Gasteiger partial charge in [0.1, 0.15) is 5.75 Å². The normalized spacial score (nSPS) is 14.3. The van der Waals surface area contributed by atoms with Crippen LogP contribution in [-0.4, -0.2) is 39.3 Å². The second-order valence-corrected chi connectivity index (χ2v) is 6.31. The van der Waals surface area contributed by atoms with Gasteiger partial charge in [-0.3, -0.25) is 4.79 Å². The van der Waals surface area contributed by atoms with Crippen molar-refractivity contribution in [2.45, 2.75) is 6.92 Å². The molecule has 1 aliphatic rings. The third-order valence-electron chi connectivity index (χ3n) is 4.24. The van der Waals surface area contributed by atoms with Crippen LogP contribution in [0.4, 0.5) is 11.4 Å². The SMILES string of the molecule is COc1ccc(N2CCOCC2)c(NC(=O)c2ccc(C)c(Cl)c2)c1. The minimum Gasteiger partial charge on any atom is -0.497 e. The summed E-state index contributed by atoms with van der Waals surface area (Å²) in [7, 11) is 1.61. The summed E-state index contributed by atoms with van der Waals surface area (Å²) >= 11 is 6.14. The van der Waals surface area contributed by atoms with Crippen molar-refractivity contribution in [3.8, 4) is 5.75 Å². The molecule has 1 saturated heterocycles. The largest absolute Gasteiger partial charge is 0.497 e. The summed E-state index contributed by atoms with van der Waals surface area (Å²) in [5.74, 6) is 0.485. The molecule has 3 rings (SSSR count). The smallest absolute Gasteiger partial charge is 0.255 e. The minimum absolute atomic E-state index is 0.204. The van der Waals surface area contributed by atoms with Crippen LogP contribution in [0.3, 0.4) is 0 Å². The van der Waals surface area contributed by atoms with Crippen LogP contribution < -0.4 is 15.0 Å². The highest BCUT2D eigenvalue weighted by Gasteiger charge is 2.18. The lowest BCUT2D eigenvalue weighted by molar-refractivity contribution is 0.102. The zero-order valence-electron chi connectivity index (χ0n) is 14.3. The van der Waals surface area contributed by atoms with Crippen LogP contribution in [-0.2, 0) is 4.74 Å². The maximum atomic E-state index is 12.7. The number of morpholine rings is 1. The Morgan fingerprint density at radius 1 is 1.20 bits per heavy atom. The highest BCUT2D eigenvalue weighted by Crippen LogP contribution is 2.31. The maximum Gasteiger partial charge on any atom is 0.255 e. The first-order chi connectivity index (χ1) is 12.1. The molecule has 6 heteroatoms. The molecule has 0 unspecified atom stereocenters. The molecule has 1 aliphatic heterocycles. The number of hydrogen-bond donors (Lipinski definition) is 1. The molecule has 0 bridgehead atoms. The van der Waals surface area contributed by atoms with E-state index in [1.165, 1.54) is 0 Å². The van der Waals surface area contributed by atoms with Gasteiger partial charge in [0.15, 0.2) is 0 Å². The molecule has 132 valence electrons. The second kappa shape index (κ2) is 7.76. The highest BCUT2D eigenvalue weighted by molar-refractivity contribution is 6.31. The predicted octanol–water partition coefficient (Wildman–Crippen LogP) is 3.75. The van der Waals surface area contributed by atoms with E-state index in [0.717, 1.165) is 24.3 Å². The van der Waals surface area contributed by atoms with E-state index >= 15 is 0 Å². The summed E-state index contributed by atoms with van der Waals surface area (Å²) in [6.07, 6.45) is 0. The summed E-state index contributed by atoms with van der Waals surface area (Å²) in [6.45, 7) is 4.82. The maximum absolute atomic E-state index is 12.7. The number of rotatable bonds is 4. The third-order valence-corrected chi connectivity index (χ3v) is 4.64. The van der Waals surface area contributed by atoms with Crippen molar-refractivity contribution < 1.29 is 14.3 Å². The van der Waals surface area contributed by atoms with E-state index in [1.54, 1.807) is 19.2 Å². The van der Waals surface area contributed by atoms with Crippen molar-refractivity contribution in [1.82, 2.24) is 0 Å². The fourth-order valence-electron chi connectivity index (χ4n) is 2.75. The van der Waals surface area contributed by atoms with Gasteiger partial charge in [-0.1, -0.05) is 17.7 Å². The molecule has 1 heterocycles. The van der Waals surface area contributed by atoms with E-state index in [-0.39, 0.29) is 5.91 Å². The Morgan fingerprint density at radius 3 is 2.64 bits per heavy atom. The van der Waals surface area contributed by atoms with Gasteiger partial charge in [0.05, 0.1) is 31.7 Å². The summed E-state index contributed by atoms with van der Waals surface area (Å²) in [6, 6.07) is 11.0. The fraction of sp³-hybridized carbons (Fsp3) is 0.316. The summed E-state index contributed by atoms with van der Waals surface area (Å²) in [5, 5.41) is 3.56. The molecule has 2 aromatic carbocycles. The molecule has 1 amide bonds. The molecule has 0 atom stereocenters. The van der Waals surface area contributed by atoms with Crippen LogP contribution in [0.15, 0.2) is 36.4 Å². The molecular weight excluding hydrogens is 340 g/mol. The lowest BCUT2D eigenvalue weighted by atomic mass is 10.1. The Morgan fingerprint density at radius 2 is 1.96 bits per heavy atom. The van der Waals surface area contributed by atoms with Crippen molar-refractivity contribution in [3.05, 3.63) is 52.5 Å². The Bertz CT molecular complexity index is 773. The molecule has 1 N–H and O–H groups in total. The number of amides is 1. The van der Waals surface area contributed by atoms with Crippen LogP contribution in [0.25, 0.3) is 0 Å². The number of benzene rings is 2. The van der Waals surface area contributed by atoms with E-state index in [0.29, 0.717) is 35.2 Å². The van der Waals surface area contributed by atoms with Gasteiger partial charge in [0, 0.05) is 29.7 Å². The average Bonchev–Trinajstić information content (AvgIpc) is 2.64. The number of hydrogen-bond acceptors (Lipinski definition) is 4. The first-order valence-corrected chi connectivity index (χ1v) is 8.54. The second-order valence-electron chi connectivity index (χ2n) is 5.90. The van der Waals surface area contributed by atoms with Gasteiger partial charge >= 0.3 is 0 Å². The van der Waals surface area contributed by atoms with Gasteiger partial charge in [-0.2, -0.15) is 0 Å². The van der Waals surface area contributed by atoms with Crippen molar-refractivity contribution in [3.63, 3.8) is 0 Å². The van der Waals surface area contributed by atoms with Gasteiger partial charge in [0.25, 0.3) is 5.91 Å². The Balaban J connectivity index is 1.88. The molecule has 0 radical (unpaired) electrons. The van der Waals surface area contributed by atoms with Crippen LogP contribution in [0.5, 0.6) is 5.75 Å². The number of halogens is 1. The number of ether oxygens (including phenoxy) is 2. The number of carbonyl (C=O) groups excluding carboxylic acids is 1. The summed E-state index contributed by atoms with van der Waals surface area (Å²) in [4.78, 5) is 14.9. The van der Waals surface area contributed by atoms with Crippen LogP contribution in [0.1, 0.15) is 15.9 Å². The summed E-state index contributed by atoms with van der Waals surface area (Å²) < 4.78 is 10.7. The van der Waals surface area contributed by atoms with Crippen molar-refractivity contribution in [2.75, 3.05) is 43.6 Å².